The third-order valence-corrected chi connectivity index (χ3v) is 4.95. The molecule has 2 aromatic rings. The van der Waals surface area contributed by atoms with Gasteiger partial charge in [0.25, 0.3) is 5.91 Å². The number of nitrogens with zero attached hydrogens (tertiary/aromatic N) is 2. The first-order chi connectivity index (χ1) is 13.4. The molecule has 28 heavy (non-hydrogen) atoms. The molecule has 6 nitrogen and oxygen atoms in total. The van der Waals surface area contributed by atoms with E-state index in [1.54, 1.807) is 16.7 Å². The first kappa shape index (κ1) is 18.0. The van der Waals surface area contributed by atoms with Gasteiger partial charge in [-0.1, -0.05) is 30.3 Å². The fraction of sp³-hybridized carbons (Fsp3) is 0.227. The molecule has 3 aliphatic rings. The van der Waals surface area contributed by atoms with E-state index in [2.05, 4.69) is 34.6 Å². The number of carbonyl (C=O) groups is 2. The minimum atomic E-state index is -0.177. The van der Waals surface area contributed by atoms with Crippen LogP contribution in [0.15, 0.2) is 48.7 Å². The number of hydrogen-bond donors (Lipinski definition) is 2. The van der Waals surface area contributed by atoms with Crippen LogP contribution in [0.5, 0.6) is 0 Å². The minimum Gasteiger partial charge on any atom is -0.383 e. The highest BCUT2D eigenvalue weighted by Crippen LogP contribution is 2.29. The van der Waals surface area contributed by atoms with Gasteiger partial charge in [-0.3, -0.25) is 14.2 Å². The fourth-order valence-electron chi connectivity index (χ4n) is 3.02. The summed E-state index contributed by atoms with van der Waals surface area (Å²) in [5, 5.41) is 2.95. The van der Waals surface area contributed by atoms with E-state index < -0.39 is 0 Å². The van der Waals surface area contributed by atoms with E-state index in [1.165, 1.54) is 24.2 Å². The zero-order chi connectivity index (χ0) is 19.8. The molecule has 1 aromatic carbocycles. The highest BCUT2D eigenvalue weighted by Gasteiger charge is 2.24. The van der Waals surface area contributed by atoms with Crippen molar-refractivity contribution in [1.82, 2.24) is 14.9 Å². The van der Waals surface area contributed by atoms with Gasteiger partial charge in [-0.15, -0.1) is 0 Å². The quantitative estimate of drug-likeness (QED) is 0.535. The van der Waals surface area contributed by atoms with Crippen LogP contribution in [0, 0.1) is 6.92 Å². The Labute approximate surface area is 163 Å². The van der Waals surface area contributed by atoms with Gasteiger partial charge in [0, 0.05) is 18.5 Å². The van der Waals surface area contributed by atoms with Gasteiger partial charge in [0.2, 0.25) is 0 Å². The molecule has 1 aromatic heterocycles. The molecule has 6 heteroatoms. The topological polar surface area (TPSA) is 90.0 Å². The molecule has 0 saturated heterocycles. The van der Waals surface area contributed by atoms with Gasteiger partial charge in [0.05, 0.1) is 11.9 Å². The molecule has 0 bridgehead atoms. The summed E-state index contributed by atoms with van der Waals surface area (Å²) < 4.78 is 1.59. The predicted molar refractivity (Wildman–Crippen MR) is 109 cm³/mol. The molecule has 1 heterocycles. The Morgan fingerprint density at radius 2 is 1.75 bits per heavy atom. The van der Waals surface area contributed by atoms with Crippen LogP contribution in [0.25, 0.3) is 16.8 Å². The number of aryl methyl sites for hydroxylation is 1. The second kappa shape index (κ2) is 6.96. The summed E-state index contributed by atoms with van der Waals surface area (Å²) in [6.45, 7) is 3.35. The van der Waals surface area contributed by atoms with Crippen LogP contribution in [-0.2, 0) is 0 Å². The number of rotatable bonds is 4. The minimum absolute atomic E-state index is 0.105. The van der Waals surface area contributed by atoms with Crippen molar-refractivity contribution >= 4 is 17.5 Å². The second-order valence-electron chi connectivity index (χ2n) is 7.22. The van der Waals surface area contributed by atoms with Gasteiger partial charge in [0.1, 0.15) is 5.82 Å². The number of nitrogen functional groups attached to an aromatic ring is 1. The van der Waals surface area contributed by atoms with E-state index in [4.69, 9.17) is 5.73 Å². The Morgan fingerprint density at radius 3 is 2.25 bits per heavy atom. The molecular weight excluding hydrogens is 352 g/mol. The maximum absolute atomic E-state index is 12.2. The Kier molecular flexibility index (Phi) is 4.47. The van der Waals surface area contributed by atoms with Crippen molar-refractivity contribution in [2.45, 2.75) is 32.7 Å². The zero-order valence-electron chi connectivity index (χ0n) is 15.9. The number of ketones is 1. The molecule has 0 spiro atoms. The number of nitrogens with one attached hydrogen (secondary N) is 1. The van der Waals surface area contributed by atoms with Crippen molar-refractivity contribution in [3.05, 3.63) is 65.6 Å². The Morgan fingerprint density at radius 1 is 1.11 bits per heavy atom. The molecule has 1 fully saturated rings. The van der Waals surface area contributed by atoms with Crippen LogP contribution >= 0.6 is 0 Å². The van der Waals surface area contributed by atoms with E-state index in [1.807, 2.05) is 13.0 Å². The number of nitrogens with two attached hydrogens (primary N) is 1. The van der Waals surface area contributed by atoms with Gasteiger partial charge < -0.3 is 11.1 Å². The highest BCUT2D eigenvalue weighted by molar-refractivity contribution is 5.96. The van der Waals surface area contributed by atoms with Crippen molar-refractivity contribution in [1.29, 1.82) is 0 Å². The van der Waals surface area contributed by atoms with Gasteiger partial charge in [-0.2, -0.15) is 0 Å². The number of benzene rings is 2. The lowest BCUT2D eigenvalue weighted by Crippen LogP contribution is -2.25. The summed E-state index contributed by atoms with van der Waals surface area (Å²) in [4.78, 5) is 28.0. The van der Waals surface area contributed by atoms with Gasteiger partial charge >= 0.3 is 0 Å². The van der Waals surface area contributed by atoms with Gasteiger partial charge in [-0.25, -0.2) is 4.98 Å². The fourth-order valence-corrected chi connectivity index (χ4v) is 3.02. The molecular formula is C22H22N4O2. The Bertz CT molecular complexity index is 1040. The van der Waals surface area contributed by atoms with Crippen LogP contribution < -0.4 is 11.1 Å². The lowest BCUT2D eigenvalue weighted by atomic mass is 9.95. The van der Waals surface area contributed by atoms with Crippen LogP contribution in [0.3, 0.4) is 0 Å². The summed E-state index contributed by atoms with van der Waals surface area (Å²) in [7, 11) is 0. The largest absolute Gasteiger partial charge is 0.383 e. The molecule has 142 valence electrons. The molecule has 5 rings (SSSR count). The van der Waals surface area contributed by atoms with E-state index in [-0.39, 0.29) is 17.5 Å². The highest BCUT2D eigenvalue weighted by atomic mass is 16.1. The van der Waals surface area contributed by atoms with E-state index in [9.17, 15) is 9.59 Å². The maximum atomic E-state index is 12.2. The van der Waals surface area contributed by atoms with Crippen molar-refractivity contribution in [3.8, 4) is 16.8 Å². The van der Waals surface area contributed by atoms with E-state index in [0.29, 0.717) is 23.1 Å². The molecule has 1 saturated carbocycles. The molecule has 0 atom stereocenters. The van der Waals surface area contributed by atoms with Crippen molar-refractivity contribution < 1.29 is 9.59 Å². The number of anilines is 1. The normalized spacial score (nSPS) is 13.4. The summed E-state index contributed by atoms with van der Waals surface area (Å²) in [5.41, 5.74) is 11.0. The monoisotopic (exact) mass is 374 g/mol. The van der Waals surface area contributed by atoms with Gasteiger partial charge in [0.15, 0.2) is 11.6 Å². The lowest BCUT2D eigenvalue weighted by Gasteiger charge is -2.13. The average molecular weight is 374 g/mol. The summed E-state index contributed by atoms with van der Waals surface area (Å²) >= 11 is 0. The predicted octanol–water partition coefficient (Wildman–Crippen LogP) is 3.52. The number of Topliss-reactive ketones (excluding diaryl/α,β-unsaturated/α-hetero) is 1. The van der Waals surface area contributed by atoms with Crippen LogP contribution in [0.2, 0.25) is 0 Å². The number of fused-ring (bicyclic) bond motifs is 1. The zero-order valence-corrected chi connectivity index (χ0v) is 15.9. The summed E-state index contributed by atoms with van der Waals surface area (Å²) in [6.07, 6.45) is 3.52. The van der Waals surface area contributed by atoms with E-state index >= 15 is 0 Å². The number of imidazole rings is 1. The molecule has 0 radical (unpaired) electrons. The average Bonchev–Trinajstić information content (AvgIpc) is 3.38. The van der Waals surface area contributed by atoms with Crippen molar-refractivity contribution in [2.75, 3.05) is 5.73 Å². The SMILES string of the molecule is CC(=O)c1ncc(N)n1-c1cc(C(=O)NC2CC2)ccc1C.c1cc2ccc1-2. The third-order valence-electron chi connectivity index (χ3n) is 4.95. The van der Waals surface area contributed by atoms with Gasteiger partial charge in [-0.05, 0) is 48.6 Å². The molecule has 0 unspecified atom stereocenters. The molecule has 0 aliphatic heterocycles. The number of hydrogen-bond acceptors (Lipinski definition) is 4. The maximum Gasteiger partial charge on any atom is 0.251 e. The Hall–Kier alpha value is -3.41. The van der Waals surface area contributed by atoms with Crippen molar-refractivity contribution in [2.24, 2.45) is 0 Å². The standard InChI is InChI=1S/C16H18N4O2.C6H4/c1-9-3-4-11(16(22)19-12-5-6-12)7-13(9)20-14(17)8-18-15(20)10(2)21;1-2-6-4-3-5(1)6/h3-4,7-8,12H,5-6,17H2,1-2H3,(H,19,22);1-4H. The smallest absolute Gasteiger partial charge is 0.251 e. The molecule has 3 aliphatic carbocycles. The van der Waals surface area contributed by atoms with E-state index in [0.717, 1.165) is 18.4 Å². The molecule has 3 N–H and O–H groups in total. The summed E-state index contributed by atoms with van der Waals surface area (Å²) in [5.74, 6) is 0.351. The Balaban J connectivity index is 0.000000268. The van der Waals surface area contributed by atoms with Crippen LogP contribution in [0.1, 0.15) is 46.3 Å². The van der Waals surface area contributed by atoms with Crippen molar-refractivity contribution in [3.63, 3.8) is 0 Å². The number of amides is 1. The van der Waals surface area contributed by atoms with Crippen LogP contribution in [0.4, 0.5) is 5.82 Å². The van der Waals surface area contributed by atoms with Crippen LogP contribution in [-0.4, -0.2) is 27.3 Å². The first-order valence-electron chi connectivity index (χ1n) is 9.30. The summed E-state index contributed by atoms with van der Waals surface area (Å²) in [6, 6.07) is 14.1. The lowest BCUT2D eigenvalue weighted by molar-refractivity contribution is 0.0950. The number of aromatic nitrogens is 2. The molecule has 1 amide bonds. The second-order valence-corrected chi connectivity index (χ2v) is 7.22. The number of carbonyl (C=O) groups excluding carboxylic acids is 2. The third kappa shape index (κ3) is 3.41. The first-order valence-corrected chi connectivity index (χ1v) is 9.30.